The summed E-state index contributed by atoms with van der Waals surface area (Å²) >= 11 is 0. The molecular formula is C21H23F3N2O5. The Hall–Kier alpha value is -3.14. The molecule has 168 valence electrons. The fourth-order valence-corrected chi connectivity index (χ4v) is 3.29. The number of carboxylic acids is 1. The van der Waals surface area contributed by atoms with Crippen molar-refractivity contribution in [2.75, 3.05) is 44.2 Å². The zero-order valence-corrected chi connectivity index (χ0v) is 16.6. The second-order valence-electron chi connectivity index (χ2n) is 7.10. The molecule has 1 saturated heterocycles. The number of anilines is 1. The fraction of sp³-hybridized carbons (Fsp3) is 0.381. The summed E-state index contributed by atoms with van der Waals surface area (Å²) in [6.45, 7) is 5.46. The molecule has 0 aliphatic carbocycles. The Morgan fingerprint density at radius 1 is 1.00 bits per heavy atom. The number of nitrogens with zero attached hydrogens (tertiary/aromatic N) is 2. The van der Waals surface area contributed by atoms with Crippen molar-refractivity contribution in [1.82, 2.24) is 4.90 Å². The number of aromatic hydroxyl groups is 1. The molecule has 1 fully saturated rings. The first kappa shape index (κ1) is 22.5. The second-order valence-corrected chi connectivity index (χ2v) is 7.10. The number of ether oxygens (including phenoxy) is 2. The third-order valence-electron chi connectivity index (χ3n) is 4.86. The molecule has 31 heavy (non-hydrogen) atoms. The number of hydrogen-bond donors (Lipinski definition) is 2. The van der Waals surface area contributed by atoms with E-state index in [1.165, 1.54) is 5.69 Å². The largest absolute Gasteiger partial charge is 0.508 e. The number of aliphatic carboxylic acids is 1. The average Bonchev–Trinajstić information content (AvgIpc) is 2.75. The molecule has 0 radical (unpaired) electrons. The van der Waals surface area contributed by atoms with Gasteiger partial charge in [0.1, 0.15) is 18.5 Å². The first-order chi connectivity index (χ1) is 14.7. The highest BCUT2D eigenvalue weighted by Gasteiger charge is 2.38. The van der Waals surface area contributed by atoms with Crippen LogP contribution in [0.3, 0.4) is 0 Å². The number of carbonyl (C=O) groups is 1. The van der Waals surface area contributed by atoms with Crippen LogP contribution in [0.25, 0.3) is 0 Å². The van der Waals surface area contributed by atoms with Crippen LogP contribution in [-0.4, -0.2) is 72.7 Å². The van der Waals surface area contributed by atoms with Gasteiger partial charge in [-0.05, 0) is 36.4 Å². The Balaban J connectivity index is 0.000000339. The van der Waals surface area contributed by atoms with Gasteiger partial charge < -0.3 is 24.6 Å². The molecule has 4 rings (SSSR count). The van der Waals surface area contributed by atoms with Crippen LogP contribution in [0.2, 0.25) is 0 Å². The van der Waals surface area contributed by atoms with Crippen molar-refractivity contribution in [2.45, 2.75) is 12.3 Å². The first-order valence-corrected chi connectivity index (χ1v) is 9.67. The molecular weight excluding hydrogens is 417 g/mol. The number of rotatable bonds is 3. The van der Waals surface area contributed by atoms with Crippen LogP contribution in [0, 0.1) is 0 Å². The van der Waals surface area contributed by atoms with Gasteiger partial charge in [-0.25, -0.2) is 4.79 Å². The summed E-state index contributed by atoms with van der Waals surface area (Å²) in [6, 6.07) is 15.3. The van der Waals surface area contributed by atoms with Gasteiger partial charge in [-0.2, -0.15) is 13.2 Å². The van der Waals surface area contributed by atoms with E-state index in [1.807, 2.05) is 36.4 Å². The van der Waals surface area contributed by atoms with Crippen molar-refractivity contribution in [3.05, 3.63) is 48.5 Å². The van der Waals surface area contributed by atoms with Crippen molar-refractivity contribution >= 4 is 11.7 Å². The lowest BCUT2D eigenvalue weighted by Gasteiger charge is -2.38. The van der Waals surface area contributed by atoms with Gasteiger partial charge in [-0.1, -0.05) is 12.1 Å². The number of para-hydroxylation sites is 2. The zero-order chi connectivity index (χ0) is 22.4. The topological polar surface area (TPSA) is 82.5 Å². The average molecular weight is 440 g/mol. The number of phenolic OH excluding ortho intramolecular Hbond substituents is 1. The molecule has 0 spiro atoms. The number of phenols is 1. The number of alkyl halides is 3. The highest BCUT2D eigenvalue weighted by atomic mass is 19.4. The van der Waals surface area contributed by atoms with Crippen LogP contribution < -0.4 is 14.4 Å². The van der Waals surface area contributed by atoms with Crippen LogP contribution in [-0.2, 0) is 4.79 Å². The number of benzene rings is 2. The summed E-state index contributed by atoms with van der Waals surface area (Å²) in [4.78, 5) is 13.7. The Kier molecular flexibility index (Phi) is 7.11. The Morgan fingerprint density at radius 3 is 2.16 bits per heavy atom. The summed E-state index contributed by atoms with van der Waals surface area (Å²) in [5.74, 6) is -0.762. The SMILES string of the molecule is O=C(O)C(F)(F)F.Oc1ccc(N2CCN(CC3COc4ccccc4O3)CC2)cc1. The maximum absolute atomic E-state index is 10.6. The highest BCUT2D eigenvalue weighted by molar-refractivity contribution is 5.73. The standard InChI is InChI=1S/C19H22N2O3.C2HF3O2/c22-16-7-5-15(6-8-16)21-11-9-20(10-12-21)13-17-14-23-18-3-1-2-4-19(18)24-17;3-2(4,5)1(6)7/h1-8,17,22H,9-14H2;(H,6,7). The Bertz CT molecular complexity index is 868. The van der Waals surface area contributed by atoms with E-state index in [2.05, 4.69) is 9.80 Å². The van der Waals surface area contributed by atoms with Crippen LogP contribution in [0.4, 0.5) is 18.9 Å². The van der Waals surface area contributed by atoms with Gasteiger partial charge in [-0.3, -0.25) is 4.90 Å². The molecule has 0 bridgehead atoms. The fourth-order valence-electron chi connectivity index (χ4n) is 3.29. The van der Waals surface area contributed by atoms with E-state index in [4.69, 9.17) is 19.4 Å². The molecule has 2 aromatic rings. The molecule has 2 aromatic carbocycles. The molecule has 1 atom stereocenters. The monoisotopic (exact) mass is 440 g/mol. The van der Waals surface area contributed by atoms with Gasteiger partial charge >= 0.3 is 12.1 Å². The van der Waals surface area contributed by atoms with Gasteiger partial charge in [0.15, 0.2) is 11.5 Å². The predicted molar refractivity (Wildman–Crippen MR) is 107 cm³/mol. The minimum absolute atomic E-state index is 0.0834. The molecule has 2 aliphatic heterocycles. The molecule has 0 aromatic heterocycles. The normalized spacial score (nSPS) is 18.7. The number of hydrogen-bond acceptors (Lipinski definition) is 6. The minimum Gasteiger partial charge on any atom is -0.508 e. The molecule has 2 heterocycles. The van der Waals surface area contributed by atoms with Gasteiger partial charge in [0, 0.05) is 38.4 Å². The summed E-state index contributed by atoms with van der Waals surface area (Å²) in [7, 11) is 0. The molecule has 1 unspecified atom stereocenters. The van der Waals surface area contributed by atoms with Gasteiger partial charge in [0.25, 0.3) is 0 Å². The van der Waals surface area contributed by atoms with Crippen molar-refractivity contribution in [3.63, 3.8) is 0 Å². The van der Waals surface area contributed by atoms with E-state index >= 15 is 0 Å². The predicted octanol–water partition coefficient (Wildman–Crippen LogP) is 2.99. The quantitative estimate of drug-likeness (QED) is 0.759. The summed E-state index contributed by atoms with van der Waals surface area (Å²) in [6.07, 6.45) is -5.00. The van der Waals surface area contributed by atoms with E-state index in [9.17, 15) is 18.3 Å². The van der Waals surface area contributed by atoms with Crippen molar-refractivity contribution in [1.29, 1.82) is 0 Å². The lowest BCUT2D eigenvalue weighted by molar-refractivity contribution is -0.192. The molecule has 2 N–H and O–H groups in total. The highest BCUT2D eigenvalue weighted by Crippen LogP contribution is 2.31. The van der Waals surface area contributed by atoms with Crippen LogP contribution >= 0.6 is 0 Å². The smallest absolute Gasteiger partial charge is 0.490 e. The third-order valence-corrected chi connectivity index (χ3v) is 4.86. The number of piperazine rings is 1. The Labute approximate surface area is 177 Å². The van der Waals surface area contributed by atoms with E-state index in [0.29, 0.717) is 12.4 Å². The van der Waals surface area contributed by atoms with Crippen molar-refractivity contribution < 1.29 is 37.7 Å². The van der Waals surface area contributed by atoms with Gasteiger partial charge in [-0.15, -0.1) is 0 Å². The maximum atomic E-state index is 10.6. The van der Waals surface area contributed by atoms with E-state index < -0.39 is 12.1 Å². The number of fused-ring (bicyclic) bond motifs is 1. The lowest BCUT2D eigenvalue weighted by atomic mass is 10.2. The summed E-state index contributed by atoms with van der Waals surface area (Å²) < 4.78 is 43.6. The maximum Gasteiger partial charge on any atom is 0.490 e. The molecule has 2 aliphatic rings. The van der Waals surface area contributed by atoms with E-state index in [-0.39, 0.29) is 6.10 Å². The molecule has 7 nitrogen and oxygen atoms in total. The first-order valence-electron chi connectivity index (χ1n) is 9.67. The summed E-state index contributed by atoms with van der Waals surface area (Å²) in [5.41, 5.74) is 1.17. The minimum atomic E-state index is -5.08. The van der Waals surface area contributed by atoms with Crippen LogP contribution in [0.5, 0.6) is 17.2 Å². The second kappa shape index (κ2) is 9.78. The lowest BCUT2D eigenvalue weighted by Crippen LogP contribution is -2.50. The summed E-state index contributed by atoms with van der Waals surface area (Å²) in [5, 5.41) is 16.5. The van der Waals surface area contributed by atoms with Crippen molar-refractivity contribution in [2.24, 2.45) is 0 Å². The number of carboxylic acid groups (broad SMARTS) is 1. The molecule has 0 saturated carbocycles. The van der Waals surface area contributed by atoms with Gasteiger partial charge in [0.05, 0.1) is 0 Å². The molecule has 10 heteroatoms. The zero-order valence-electron chi connectivity index (χ0n) is 16.6. The Morgan fingerprint density at radius 2 is 1.58 bits per heavy atom. The van der Waals surface area contributed by atoms with E-state index in [1.54, 1.807) is 12.1 Å². The third kappa shape index (κ3) is 6.42. The van der Waals surface area contributed by atoms with Crippen molar-refractivity contribution in [3.8, 4) is 17.2 Å². The van der Waals surface area contributed by atoms with Crippen LogP contribution in [0.15, 0.2) is 48.5 Å². The van der Waals surface area contributed by atoms with Crippen LogP contribution in [0.1, 0.15) is 0 Å². The van der Waals surface area contributed by atoms with Gasteiger partial charge in [0.2, 0.25) is 0 Å². The molecule has 0 amide bonds. The van der Waals surface area contributed by atoms with E-state index in [0.717, 1.165) is 44.2 Å². The number of halogens is 3.